The van der Waals surface area contributed by atoms with E-state index in [-0.39, 0.29) is 31.1 Å². The molecule has 0 heterocycles. The Labute approximate surface area is 393 Å². The second-order valence-electron chi connectivity index (χ2n) is 20.3. The molecule has 0 aliphatic carbocycles. The minimum atomic E-state index is -0.762. The molecule has 1 unspecified atom stereocenters. The molecule has 0 saturated carbocycles. The molecule has 6 nitrogen and oxygen atoms in total. The van der Waals surface area contributed by atoms with Crippen LogP contribution in [0.3, 0.4) is 0 Å². The normalized spacial score (nSPS) is 12.5. The van der Waals surface area contributed by atoms with Gasteiger partial charge in [0.1, 0.15) is 13.2 Å². The van der Waals surface area contributed by atoms with Crippen LogP contribution in [-0.4, -0.2) is 37.2 Å². The van der Waals surface area contributed by atoms with Gasteiger partial charge in [0.15, 0.2) is 6.10 Å². The molecule has 0 fully saturated rings. The van der Waals surface area contributed by atoms with Gasteiger partial charge in [0.2, 0.25) is 0 Å². The van der Waals surface area contributed by atoms with Gasteiger partial charge in [0.05, 0.1) is 0 Å². The molecule has 374 valence electrons. The van der Waals surface area contributed by atoms with Crippen molar-refractivity contribution in [2.24, 2.45) is 11.8 Å². The van der Waals surface area contributed by atoms with Gasteiger partial charge in [-0.15, -0.1) is 0 Å². The van der Waals surface area contributed by atoms with Crippen molar-refractivity contribution in [1.82, 2.24) is 0 Å². The Balaban J connectivity index is 4.21. The van der Waals surface area contributed by atoms with E-state index in [1.807, 2.05) is 0 Å². The monoisotopic (exact) mass is 891 g/mol. The topological polar surface area (TPSA) is 78.9 Å². The average Bonchev–Trinajstić information content (AvgIpc) is 3.27. The van der Waals surface area contributed by atoms with Crippen LogP contribution in [0.5, 0.6) is 0 Å². The number of rotatable bonds is 51. The molecule has 2 atom stereocenters. The van der Waals surface area contributed by atoms with Crippen LogP contribution < -0.4 is 0 Å². The van der Waals surface area contributed by atoms with Crippen molar-refractivity contribution < 1.29 is 28.6 Å². The summed E-state index contributed by atoms with van der Waals surface area (Å²) >= 11 is 0. The molecule has 0 radical (unpaired) electrons. The lowest BCUT2D eigenvalue weighted by Crippen LogP contribution is -2.30. The first-order valence-corrected chi connectivity index (χ1v) is 28.3. The van der Waals surface area contributed by atoms with Crippen LogP contribution in [0.2, 0.25) is 0 Å². The highest BCUT2D eigenvalue weighted by atomic mass is 16.6. The maximum Gasteiger partial charge on any atom is 0.306 e. The summed E-state index contributed by atoms with van der Waals surface area (Å²) in [7, 11) is 0. The predicted octanol–water partition coefficient (Wildman–Crippen LogP) is 18.5. The predicted molar refractivity (Wildman–Crippen MR) is 270 cm³/mol. The van der Waals surface area contributed by atoms with Crippen molar-refractivity contribution in [3.8, 4) is 0 Å². The summed E-state index contributed by atoms with van der Waals surface area (Å²) in [6.45, 7) is 11.4. The van der Waals surface area contributed by atoms with E-state index < -0.39 is 6.10 Å². The van der Waals surface area contributed by atoms with Crippen LogP contribution >= 0.6 is 0 Å². The highest BCUT2D eigenvalue weighted by Crippen LogP contribution is 2.18. The lowest BCUT2D eigenvalue weighted by molar-refractivity contribution is -0.167. The van der Waals surface area contributed by atoms with Crippen LogP contribution in [0.15, 0.2) is 0 Å². The standard InChI is InChI=1S/C57H110O6/c1-6-8-9-10-11-12-13-23-26-32-37-42-47-55(58)61-50-54(51-62-56(59)48-43-38-33-29-28-30-35-40-45-52(3)4)63-57(60)49-44-39-34-27-24-21-19-17-15-14-16-18-20-22-25-31-36-41-46-53(5)7-2/h52-54H,6-51H2,1-5H3/t53?,54-/m0/s1. The zero-order valence-electron chi connectivity index (χ0n) is 43.2. The first-order valence-electron chi connectivity index (χ1n) is 28.3. The zero-order valence-corrected chi connectivity index (χ0v) is 43.2. The van der Waals surface area contributed by atoms with Crippen LogP contribution in [0.25, 0.3) is 0 Å². The number of hydrogen-bond acceptors (Lipinski definition) is 6. The smallest absolute Gasteiger partial charge is 0.306 e. The summed E-state index contributed by atoms with van der Waals surface area (Å²) in [4.78, 5) is 38.0. The largest absolute Gasteiger partial charge is 0.462 e. The molecular formula is C57H110O6. The van der Waals surface area contributed by atoms with Gasteiger partial charge in [-0.05, 0) is 31.1 Å². The Morgan fingerprint density at radius 1 is 0.333 bits per heavy atom. The second-order valence-corrected chi connectivity index (χ2v) is 20.3. The van der Waals surface area contributed by atoms with E-state index in [0.717, 1.165) is 69.6 Å². The maximum absolute atomic E-state index is 12.8. The van der Waals surface area contributed by atoms with Gasteiger partial charge in [0, 0.05) is 19.3 Å². The van der Waals surface area contributed by atoms with Gasteiger partial charge in [0.25, 0.3) is 0 Å². The summed E-state index contributed by atoms with van der Waals surface area (Å²) in [5, 5.41) is 0. The quantitative estimate of drug-likeness (QED) is 0.0344. The summed E-state index contributed by atoms with van der Waals surface area (Å²) in [5.41, 5.74) is 0. The molecule has 6 heteroatoms. The third-order valence-electron chi connectivity index (χ3n) is 13.3. The third kappa shape index (κ3) is 49.7. The van der Waals surface area contributed by atoms with Crippen molar-refractivity contribution in [3.63, 3.8) is 0 Å². The molecule has 0 bridgehead atoms. The van der Waals surface area contributed by atoms with Crippen molar-refractivity contribution in [2.75, 3.05) is 13.2 Å². The number of unbranched alkanes of at least 4 members (excludes halogenated alkanes) is 35. The molecule has 0 N–H and O–H groups in total. The van der Waals surface area contributed by atoms with E-state index in [0.29, 0.717) is 19.3 Å². The number of hydrogen-bond donors (Lipinski definition) is 0. The van der Waals surface area contributed by atoms with Gasteiger partial charge in [-0.1, -0.05) is 279 Å². The van der Waals surface area contributed by atoms with Gasteiger partial charge in [-0.2, -0.15) is 0 Å². The van der Waals surface area contributed by atoms with Crippen molar-refractivity contribution in [3.05, 3.63) is 0 Å². The van der Waals surface area contributed by atoms with Gasteiger partial charge in [-0.25, -0.2) is 0 Å². The molecule has 0 aromatic carbocycles. The Hall–Kier alpha value is -1.59. The SMILES string of the molecule is CCCCCCCCCCCCCCC(=O)OC[C@@H](COC(=O)CCCCCCCCCCC(C)C)OC(=O)CCCCCCCCCCCCCCCCCCCCC(C)CC. The molecule has 0 aliphatic rings. The first-order chi connectivity index (χ1) is 30.8. The fourth-order valence-electron chi connectivity index (χ4n) is 8.66. The fraction of sp³-hybridized carbons (Fsp3) is 0.947. The molecule has 0 amide bonds. The lowest BCUT2D eigenvalue weighted by Gasteiger charge is -2.18. The van der Waals surface area contributed by atoms with E-state index in [1.165, 1.54) is 205 Å². The number of carbonyl (C=O) groups is 3. The molecule has 0 rings (SSSR count). The van der Waals surface area contributed by atoms with E-state index in [2.05, 4.69) is 34.6 Å². The van der Waals surface area contributed by atoms with Crippen molar-refractivity contribution >= 4 is 17.9 Å². The van der Waals surface area contributed by atoms with E-state index >= 15 is 0 Å². The van der Waals surface area contributed by atoms with Crippen LogP contribution in [-0.2, 0) is 28.6 Å². The van der Waals surface area contributed by atoms with Crippen LogP contribution in [0, 0.1) is 11.8 Å². The number of ether oxygens (including phenoxy) is 3. The maximum atomic E-state index is 12.8. The molecule has 0 saturated heterocycles. The summed E-state index contributed by atoms with van der Waals surface area (Å²) < 4.78 is 16.8. The number of esters is 3. The Kier molecular flexibility index (Phi) is 48.6. The molecule has 63 heavy (non-hydrogen) atoms. The second kappa shape index (κ2) is 49.8. The van der Waals surface area contributed by atoms with E-state index in [1.54, 1.807) is 0 Å². The minimum absolute atomic E-state index is 0.0634. The highest BCUT2D eigenvalue weighted by Gasteiger charge is 2.19. The number of carbonyl (C=O) groups excluding carboxylic acids is 3. The van der Waals surface area contributed by atoms with Crippen molar-refractivity contribution in [1.29, 1.82) is 0 Å². The van der Waals surface area contributed by atoms with Crippen LogP contribution in [0.4, 0.5) is 0 Å². The summed E-state index contributed by atoms with van der Waals surface area (Å²) in [5.74, 6) is 0.861. The fourth-order valence-corrected chi connectivity index (χ4v) is 8.66. The lowest BCUT2D eigenvalue weighted by atomic mass is 9.99. The van der Waals surface area contributed by atoms with E-state index in [4.69, 9.17) is 14.2 Å². The highest BCUT2D eigenvalue weighted by molar-refractivity contribution is 5.71. The van der Waals surface area contributed by atoms with Crippen LogP contribution in [0.1, 0.15) is 317 Å². The van der Waals surface area contributed by atoms with Crippen molar-refractivity contribution in [2.45, 2.75) is 323 Å². The minimum Gasteiger partial charge on any atom is -0.462 e. The molecule has 0 aromatic heterocycles. The first kappa shape index (κ1) is 61.4. The molecule has 0 aromatic rings. The van der Waals surface area contributed by atoms with E-state index in [9.17, 15) is 14.4 Å². The average molecular weight is 892 g/mol. The van der Waals surface area contributed by atoms with Gasteiger partial charge >= 0.3 is 17.9 Å². The Bertz CT molecular complexity index is 964. The summed E-state index contributed by atoms with van der Waals surface area (Å²) in [6, 6.07) is 0. The third-order valence-corrected chi connectivity index (χ3v) is 13.3. The Morgan fingerprint density at radius 3 is 0.905 bits per heavy atom. The molecule has 0 aliphatic heterocycles. The molecular weight excluding hydrogens is 781 g/mol. The zero-order chi connectivity index (χ0) is 46.1. The molecule has 0 spiro atoms. The summed E-state index contributed by atoms with van der Waals surface area (Å²) in [6.07, 6.45) is 52.4. The Morgan fingerprint density at radius 2 is 0.603 bits per heavy atom. The van der Waals surface area contributed by atoms with Gasteiger partial charge < -0.3 is 14.2 Å². The van der Waals surface area contributed by atoms with Gasteiger partial charge in [-0.3, -0.25) is 14.4 Å².